The molecule has 1 aromatic carbocycles. The third-order valence-corrected chi connectivity index (χ3v) is 6.90. The number of hydrogen-bond acceptors (Lipinski definition) is 5. The lowest BCUT2D eigenvalue weighted by molar-refractivity contribution is -0.121. The highest BCUT2D eigenvalue weighted by Gasteiger charge is 2.21. The fraction of sp³-hybridized carbons (Fsp3) is 0.421. The Morgan fingerprint density at radius 1 is 1.30 bits per heavy atom. The van der Waals surface area contributed by atoms with Crippen molar-refractivity contribution in [1.29, 1.82) is 0 Å². The molecule has 6 nitrogen and oxygen atoms in total. The van der Waals surface area contributed by atoms with E-state index in [1.165, 1.54) is 22.6 Å². The van der Waals surface area contributed by atoms with E-state index in [0.29, 0.717) is 19.4 Å². The molecule has 1 amide bonds. The summed E-state index contributed by atoms with van der Waals surface area (Å²) in [5.41, 5.74) is 2.32. The monoisotopic (exact) mass is 407 g/mol. The van der Waals surface area contributed by atoms with Crippen molar-refractivity contribution in [2.75, 3.05) is 13.1 Å². The van der Waals surface area contributed by atoms with Gasteiger partial charge in [-0.1, -0.05) is 12.1 Å². The van der Waals surface area contributed by atoms with Crippen molar-refractivity contribution in [3.8, 4) is 0 Å². The Kier molecular flexibility index (Phi) is 6.31. The quantitative estimate of drug-likeness (QED) is 0.733. The smallest absolute Gasteiger partial charge is 0.238 e. The van der Waals surface area contributed by atoms with Crippen molar-refractivity contribution in [3.05, 3.63) is 51.7 Å². The van der Waals surface area contributed by atoms with Gasteiger partial charge in [-0.05, 0) is 54.5 Å². The lowest BCUT2D eigenvalue weighted by Gasteiger charge is -2.32. The lowest BCUT2D eigenvalue weighted by Crippen LogP contribution is -2.44. The highest BCUT2D eigenvalue weighted by atomic mass is 32.2. The molecule has 3 rings (SSSR count). The predicted molar refractivity (Wildman–Crippen MR) is 107 cm³/mol. The summed E-state index contributed by atoms with van der Waals surface area (Å²) in [4.78, 5) is 16.1. The van der Waals surface area contributed by atoms with Crippen LogP contribution >= 0.6 is 11.3 Å². The van der Waals surface area contributed by atoms with Gasteiger partial charge in [0.15, 0.2) is 0 Å². The summed E-state index contributed by atoms with van der Waals surface area (Å²) in [6.45, 7) is 4.75. The molecule has 1 aliphatic heterocycles. The van der Waals surface area contributed by atoms with Crippen molar-refractivity contribution in [2.24, 2.45) is 5.14 Å². The number of hydrogen-bond donors (Lipinski definition) is 2. The summed E-state index contributed by atoms with van der Waals surface area (Å²) < 4.78 is 22.5. The van der Waals surface area contributed by atoms with Crippen LogP contribution in [0.15, 0.2) is 40.6 Å². The average molecular weight is 408 g/mol. The number of amides is 1. The second-order valence-corrected chi connectivity index (χ2v) is 9.49. The van der Waals surface area contributed by atoms with Crippen LogP contribution in [0.4, 0.5) is 0 Å². The van der Waals surface area contributed by atoms with Crippen LogP contribution in [0.1, 0.15) is 29.3 Å². The number of benzene rings is 1. The van der Waals surface area contributed by atoms with Gasteiger partial charge < -0.3 is 5.32 Å². The van der Waals surface area contributed by atoms with Crippen molar-refractivity contribution in [2.45, 2.75) is 43.7 Å². The van der Waals surface area contributed by atoms with Crippen LogP contribution in [0, 0.1) is 0 Å². The minimum atomic E-state index is -3.68. The zero-order chi connectivity index (χ0) is 19.4. The molecule has 3 N–H and O–H groups in total. The molecule has 1 aromatic heterocycles. The molecule has 27 heavy (non-hydrogen) atoms. The van der Waals surface area contributed by atoms with Gasteiger partial charge in [0.1, 0.15) is 0 Å². The van der Waals surface area contributed by atoms with E-state index in [9.17, 15) is 13.2 Å². The molecule has 8 heteroatoms. The van der Waals surface area contributed by atoms with Crippen LogP contribution in [0.5, 0.6) is 0 Å². The molecule has 0 fully saturated rings. The number of nitrogens with one attached hydrogen (secondary N) is 1. The van der Waals surface area contributed by atoms with Crippen molar-refractivity contribution >= 4 is 27.3 Å². The second-order valence-electron chi connectivity index (χ2n) is 6.93. The van der Waals surface area contributed by atoms with Gasteiger partial charge in [0.2, 0.25) is 15.9 Å². The average Bonchev–Trinajstić information content (AvgIpc) is 3.11. The standard InChI is InChI=1S/C19H25N3O3S2/c1-14(22-10-8-18-16(13-22)9-11-26-18)12-21-19(23)7-4-15-2-5-17(6-3-15)27(20,24)25/h2-3,5-6,9,11,14H,4,7-8,10,12-13H2,1H3,(H,21,23)(H2,20,24,25). The molecule has 0 saturated heterocycles. The zero-order valence-corrected chi connectivity index (χ0v) is 17.0. The van der Waals surface area contributed by atoms with Gasteiger partial charge in [-0.15, -0.1) is 11.3 Å². The van der Waals surface area contributed by atoms with Crippen molar-refractivity contribution in [3.63, 3.8) is 0 Å². The third-order valence-electron chi connectivity index (χ3n) is 4.95. The summed E-state index contributed by atoms with van der Waals surface area (Å²) in [6.07, 6.45) is 2.02. The molecule has 0 bridgehead atoms. The number of primary sulfonamides is 1. The van der Waals surface area contributed by atoms with E-state index in [-0.39, 0.29) is 16.8 Å². The first-order chi connectivity index (χ1) is 12.8. The molecule has 146 valence electrons. The molecular formula is C19H25N3O3S2. The van der Waals surface area contributed by atoms with Gasteiger partial charge in [0.25, 0.3) is 0 Å². The first-order valence-electron chi connectivity index (χ1n) is 9.00. The molecule has 2 heterocycles. The molecular weight excluding hydrogens is 382 g/mol. The van der Waals surface area contributed by atoms with Gasteiger partial charge in [0.05, 0.1) is 4.90 Å². The Labute approximate surface area is 164 Å². The van der Waals surface area contributed by atoms with Crippen LogP contribution in [0.3, 0.4) is 0 Å². The number of fused-ring (bicyclic) bond motifs is 1. The number of carbonyl (C=O) groups excluding carboxylic acids is 1. The summed E-state index contributed by atoms with van der Waals surface area (Å²) >= 11 is 1.83. The van der Waals surface area contributed by atoms with E-state index in [1.54, 1.807) is 12.1 Å². The number of aryl methyl sites for hydroxylation is 1. The predicted octanol–water partition coefficient (Wildman–Crippen LogP) is 1.89. The molecule has 2 aromatic rings. The molecule has 0 radical (unpaired) electrons. The van der Waals surface area contributed by atoms with Gasteiger partial charge in [0, 0.05) is 37.0 Å². The highest BCUT2D eigenvalue weighted by molar-refractivity contribution is 7.89. The van der Waals surface area contributed by atoms with Crippen LogP contribution in [0.25, 0.3) is 0 Å². The minimum Gasteiger partial charge on any atom is -0.355 e. The summed E-state index contributed by atoms with van der Waals surface area (Å²) in [5.74, 6) is 0.00519. The molecule has 1 aliphatic rings. The van der Waals surface area contributed by atoms with E-state index >= 15 is 0 Å². The Balaban J connectivity index is 1.42. The lowest BCUT2D eigenvalue weighted by atomic mass is 10.1. The van der Waals surface area contributed by atoms with Gasteiger partial charge in [-0.25, -0.2) is 13.6 Å². The Bertz CT molecular complexity index is 891. The number of nitrogens with two attached hydrogens (primary N) is 1. The van der Waals surface area contributed by atoms with Crippen LogP contribution in [0.2, 0.25) is 0 Å². The molecule has 0 saturated carbocycles. The Morgan fingerprint density at radius 3 is 2.74 bits per heavy atom. The van der Waals surface area contributed by atoms with E-state index in [4.69, 9.17) is 5.14 Å². The van der Waals surface area contributed by atoms with Crippen LogP contribution < -0.4 is 10.5 Å². The van der Waals surface area contributed by atoms with Crippen molar-refractivity contribution in [1.82, 2.24) is 10.2 Å². The van der Waals surface area contributed by atoms with Crippen LogP contribution in [-0.2, 0) is 34.2 Å². The maximum absolute atomic E-state index is 12.1. The Morgan fingerprint density at radius 2 is 2.04 bits per heavy atom. The Hall–Kier alpha value is -1.74. The largest absolute Gasteiger partial charge is 0.355 e. The maximum atomic E-state index is 12.1. The summed E-state index contributed by atoms with van der Waals surface area (Å²) in [7, 11) is -3.68. The third kappa shape index (κ3) is 5.38. The van der Waals surface area contributed by atoms with Gasteiger partial charge >= 0.3 is 0 Å². The number of rotatable bonds is 7. The number of sulfonamides is 1. The minimum absolute atomic E-state index is 0.00519. The summed E-state index contributed by atoms with van der Waals surface area (Å²) in [5, 5.41) is 10.2. The van der Waals surface area contributed by atoms with Crippen molar-refractivity contribution < 1.29 is 13.2 Å². The van der Waals surface area contributed by atoms with Gasteiger partial charge in [-0.2, -0.15) is 0 Å². The highest BCUT2D eigenvalue weighted by Crippen LogP contribution is 2.24. The maximum Gasteiger partial charge on any atom is 0.238 e. The molecule has 1 atom stereocenters. The molecule has 1 unspecified atom stereocenters. The SMILES string of the molecule is CC(CNC(=O)CCc1ccc(S(N)(=O)=O)cc1)N1CCc2sccc2C1. The van der Waals surface area contributed by atoms with Gasteiger partial charge in [-0.3, -0.25) is 9.69 Å². The first kappa shape index (κ1) is 20.0. The fourth-order valence-electron chi connectivity index (χ4n) is 3.23. The number of nitrogens with zero attached hydrogens (tertiary/aromatic N) is 1. The number of carbonyl (C=O) groups is 1. The fourth-order valence-corrected chi connectivity index (χ4v) is 4.63. The van der Waals surface area contributed by atoms with E-state index in [2.05, 4.69) is 28.6 Å². The van der Waals surface area contributed by atoms with E-state index in [1.807, 2.05) is 11.3 Å². The van der Waals surface area contributed by atoms with E-state index < -0.39 is 10.0 Å². The zero-order valence-electron chi connectivity index (χ0n) is 15.3. The van der Waals surface area contributed by atoms with Crippen LogP contribution in [-0.4, -0.2) is 38.4 Å². The summed E-state index contributed by atoms with van der Waals surface area (Å²) in [6, 6.07) is 8.82. The molecule has 0 spiro atoms. The topological polar surface area (TPSA) is 92.5 Å². The van der Waals surface area contributed by atoms with E-state index in [0.717, 1.165) is 25.1 Å². The second kappa shape index (κ2) is 8.52. The normalized spacial score (nSPS) is 15.9. The molecule has 0 aliphatic carbocycles. The number of thiophene rings is 1. The first-order valence-corrected chi connectivity index (χ1v) is 11.4.